The maximum Gasteiger partial charge on any atom is 0.255 e. The van der Waals surface area contributed by atoms with E-state index < -0.39 is 15.7 Å². The highest BCUT2D eigenvalue weighted by Crippen LogP contribution is 2.21. The molecule has 158 valence electrons. The third-order valence-corrected chi connectivity index (χ3v) is 6.70. The second kappa shape index (κ2) is 11.1. The minimum Gasteiger partial charge on any atom is -0.496 e. The molecule has 1 amide bonds. The van der Waals surface area contributed by atoms with E-state index in [1.165, 1.54) is 19.3 Å². The fraction of sp³-hybridized carbons (Fsp3) is 0.550. The summed E-state index contributed by atoms with van der Waals surface area (Å²) in [4.78, 5) is 15.2. The molecule has 7 nitrogen and oxygen atoms in total. The van der Waals surface area contributed by atoms with E-state index in [1.807, 2.05) is 0 Å². The summed E-state index contributed by atoms with van der Waals surface area (Å²) in [5, 5.41) is 5.66. The topological polar surface area (TPSA) is 87.7 Å². The molecule has 0 aliphatic carbocycles. The average molecular weight is 412 g/mol. The van der Waals surface area contributed by atoms with Gasteiger partial charge in [0.2, 0.25) is 0 Å². The predicted octanol–water partition coefficient (Wildman–Crippen LogP) is 1.73. The van der Waals surface area contributed by atoms with E-state index in [0.29, 0.717) is 6.54 Å². The molecule has 8 heteroatoms. The first-order valence-corrected chi connectivity index (χ1v) is 11.1. The van der Waals surface area contributed by atoms with Crippen molar-refractivity contribution in [2.45, 2.75) is 32.7 Å². The largest absolute Gasteiger partial charge is 0.496 e. The van der Waals surface area contributed by atoms with Crippen LogP contribution in [-0.2, 0) is 19.4 Å². The molecule has 0 bridgehead atoms. The maximum absolute atomic E-state index is 12.9. The van der Waals surface area contributed by atoms with Gasteiger partial charge in [-0.05, 0) is 38.1 Å². The molecule has 1 aliphatic rings. The molecule has 1 unspecified atom stereocenters. The van der Waals surface area contributed by atoms with Crippen LogP contribution in [0.3, 0.4) is 0 Å². The molecule has 1 atom stereocenters. The quantitative estimate of drug-likeness (QED) is 0.306. The van der Waals surface area contributed by atoms with E-state index >= 15 is 0 Å². The molecule has 0 spiro atoms. The number of rotatable bonds is 11. The SMILES string of the molecule is C=C/C(OC)=C(\C=C(/C(=C)NC)S(=O)(=O)CC)C(=O)NCC1CCCN1CC. The Morgan fingerprint density at radius 3 is 2.54 bits per heavy atom. The fourth-order valence-corrected chi connectivity index (χ4v) is 4.26. The number of allylic oxidation sites excluding steroid dienone is 1. The van der Waals surface area contributed by atoms with Gasteiger partial charge >= 0.3 is 0 Å². The lowest BCUT2D eigenvalue weighted by molar-refractivity contribution is -0.117. The summed E-state index contributed by atoms with van der Waals surface area (Å²) in [7, 11) is -0.617. The van der Waals surface area contributed by atoms with Crippen LogP contribution >= 0.6 is 0 Å². The molecular weight excluding hydrogens is 378 g/mol. The van der Waals surface area contributed by atoms with Gasteiger partial charge in [0.1, 0.15) is 5.76 Å². The van der Waals surface area contributed by atoms with E-state index in [0.717, 1.165) is 25.9 Å². The van der Waals surface area contributed by atoms with Crippen molar-refractivity contribution >= 4 is 15.7 Å². The Labute approximate surface area is 169 Å². The van der Waals surface area contributed by atoms with Crippen LogP contribution in [0.4, 0.5) is 0 Å². The molecule has 1 aliphatic heterocycles. The summed E-state index contributed by atoms with van der Waals surface area (Å²) >= 11 is 0. The lowest BCUT2D eigenvalue weighted by Crippen LogP contribution is -2.40. The highest BCUT2D eigenvalue weighted by molar-refractivity contribution is 7.95. The van der Waals surface area contributed by atoms with E-state index in [9.17, 15) is 13.2 Å². The van der Waals surface area contributed by atoms with Crippen molar-refractivity contribution < 1.29 is 17.9 Å². The maximum atomic E-state index is 12.9. The Hall–Kier alpha value is -2.06. The average Bonchev–Trinajstić information content (AvgIpc) is 3.16. The summed E-state index contributed by atoms with van der Waals surface area (Å²) in [6.07, 6.45) is 4.82. The number of nitrogens with zero attached hydrogens (tertiary/aromatic N) is 1. The molecule has 1 fully saturated rings. The number of sulfone groups is 1. The number of carbonyl (C=O) groups excluding carboxylic acids is 1. The number of hydrogen-bond acceptors (Lipinski definition) is 6. The van der Waals surface area contributed by atoms with Crippen LogP contribution in [0.15, 0.2) is 47.2 Å². The Kier molecular flexibility index (Phi) is 9.48. The summed E-state index contributed by atoms with van der Waals surface area (Å²) in [6, 6.07) is 0.278. The van der Waals surface area contributed by atoms with E-state index in [2.05, 4.69) is 35.6 Å². The van der Waals surface area contributed by atoms with Gasteiger partial charge in [-0.25, -0.2) is 8.42 Å². The van der Waals surface area contributed by atoms with Crippen molar-refractivity contribution in [1.29, 1.82) is 0 Å². The van der Waals surface area contributed by atoms with Gasteiger partial charge in [0.15, 0.2) is 9.84 Å². The van der Waals surface area contributed by atoms with Gasteiger partial charge in [0.05, 0.1) is 23.3 Å². The number of carbonyl (C=O) groups is 1. The smallest absolute Gasteiger partial charge is 0.255 e. The molecule has 0 aromatic heterocycles. The van der Waals surface area contributed by atoms with Crippen molar-refractivity contribution in [2.75, 3.05) is 39.5 Å². The van der Waals surface area contributed by atoms with Crippen LogP contribution < -0.4 is 10.6 Å². The first-order valence-electron chi connectivity index (χ1n) is 9.50. The number of methoxy groups -OCH3 is 1. The van der Waals surface area contributed by atoms with Crippen molar-refractivity contribution in [2.24, 2.45) is 0 Å². The molecule has 0 aromatic rings. The Bertz CT molecular complexity index is 753. The molecular formula is C20H33N3O4S. The van der Waals surface area contributed by atoms with Gasteiger partial charge in [-0.15, -0.1) is 0 Å². The minimum atomic E-state index is -3.61. The predicted molar refractivity (Wildman–Crippen MR) is 113 cm³/mol. The lowest BCUT2D eigenvalue weighted by Gasteiger charge is -2.23. The number of ether oxygens (including phenoxy) is 1. The van der Waals surface area contributed by atoms with Gasteiger partial charge in [0.25, 0.3) is 5.91 Å². The van der Waals surface area contributed by atoms with Gasteiger partial charge in [0, 0.05) is 25.3 Å². The monoisotopic (exact) mass is 411 g/mol. The van der Waals surface area contributed by atoms with Crippen molar-refractivity contribution in [3.8, 4) is 0 Å². The number of likely N-dealkylation sites (N-methyl/N-ethyl adjacent to an activating group) is 2. The molecule has 2 N–H and O–H groups in total. The van der Waals surface area contributed by atoms with Gasteiger partial charge in [-0.3, -0.25) is 9.69 Å². The Morgan fingerprint density at radius 1 is 1.36 bits per heavy atom. The van der Waals surface area contributed by atoms with Gasteiger partial charge < -0.3 is 15.4 Å². The Morgan fingerprint density at radius 2 is 2.04 bits per heavy atom. The zero-order valence-electron chi connectivity index (χ0n) is 17.4. The first kappa shape index (κ1) is 24.0. The van der Waals surface area contributed by atoms with Crippen molar-refractivity contribution in [1.82, 2.24) is 15.5 Å². The molecule has 1 heterocycles. The molecule has 0 radical (unpaired) electrons. The van der Waals surface area contributed by atoms with Gasteiger partial charge in [-0.2, -0.15) is 0 Å². The first-order chi connectivity index (χ1) is 13.2. The third kappa shape index (κ3) is 5.97. The Balaban J connectivity index is 3.25. The van der Waals surface area contributed by atoms with E-state index in [4.69, 9.17) is 4.74 Å². The summed E-state index contributed by atoms with van der Waals surface area (Å²) in [5.74, 6) is -0.324. The molecule has 0 aromatic carbocycles. The zero-order valence-corrected chi connectivity index (χ0v) is 18.2. The third-order valence-electron chi connectivity index (χ3n) is 4.91. The van der Waals surface area contributed by atoms with E-state index in [1.54, 1.807) is 14.0 Å². The van der Waals surface area contributed by atoms with Crippen LogP contribution in [0.1, 0.15) is 26.7 Å². The second-order valence-corrected chi connectivity index (χ2v) is 8.71. The zero-order chi connectivity index (χ0) is 21.3. The van der Waals surface area contributed by atoms with Crippen molar-refractivity contribution in [3.05, 3.63) is 47.2 Å². The minimum absolute atomic E-state index is 0.0462. The number of amides is 1. The lowest BCUT2D eigenvalue weighted by atomic mass is 10.1. The van der Waals surface area contributed by atoms with E-state index in [-0.39, 0.29) is 33.7 Å². The standard InChI is InChI=1S/C20H33N3O4S/c1-7-18(27-6)17(13-19(15(4)21-5)28(25,26)9-3)20(24)22-14-16-11-10-12-23(16)8-2/h7,13,16,21H,1,4,8-12,14H2,2-3,5-6H3,(H,22,24)/b18-17-,19-13+. The normalized spacial score (nSPS) is 19.0. The second-order valence-electron chi connectivity index (χ2n) is 6.46. The van der Waals surface area contributed by atoms with Crippen LogP contribution in [0.2, 0.25) is 0 Å². The highest BCUT2D eigenvalue weighted by Gasteiger charge is 2.25. The van der Waals surface area contributed by atoms with Crippen LogP contribution in [0.25, 0.3) is 0 Å². The van der Waals surface area contributed by atoms with Gasteiger partial charge in [-0.1, -0.05) is 27.0 Å². The van der Waals surface area contributed by atoms with Crippen LogP contribution in [0.5, 0.6) is 0 Å². The molecule has 0 saturated carbocycles. The summed E-state index contributed by atoms with van der Waals surface area (Å²) in [5.41, 5.74) is 0.307. The molecule has 1 saturated heterocycles. The highest BCUT2D eigenvalue weighted by atomic mass is 32.2. The number of hydrogen-bond donors (Lipinski definition) is 2. The van der Waals surface area contributed by atoms with Crippen molar-refractivity contribution in [3.63, 3.8) is 0 Å². The van der Waals surface area contributed by atoms with Crippen LogP contribution in [0, 0.1) is 0 Å². The summed E-state index contributed by atoms with van der Waals surface area (Å²) in [6.45, 7) is 13.5. The molecule has 28 heavy (non-hydrogen) atoms. The fourth-order valence-electron chi connectivity index (χ4n) is 3.17. The number of nitrogens with one attached hydrogen (secondary N) is 2. The molecule has 1 rings (SSSR count). The van der Waals surface area contributed by atoms with Crippen LogP contribution in [-0.4, -0.2) is 64.8 Å². The summed E-state index contributed by atoms with van der Waals surface area (Å²) < 4.78 is 30.3. The number of likely N-dealkylation sites (tertiary alicyclic amines) is 1.